The van der Waals surface area contributed by atoms with Crippen LogP contribution in [0.2, 0.25) is 0 Å². The Morgan fingerprint density at radius 1 is 1.19 bits per heavy atom. The van der Waals surface area contributed by atoms with Gasteiger partial charge in [0.2, 0.25) is 0 Å². The molecule has 4 atom stereocenters. The Balaban J connectivity index is 2.07. The molecule has 0 amide bonds. The molecule has 9 heteroatoms. The minimum atomic E-state index is -2.08. The van der Waals surface area contributed by atoms with Crippen molar-refractivity contribution in [2.24, 2.45) is 0 Å². The summed E-state index contributed by atoms with van der Waals surface area (Å²) in [6.45, 7) is 0. The van der Waals surface area contributed by atoms with Crippen LogP contribution in [0.25, 0.3) is 6.08 Å². The number of benzene rings is 1. The van der Waals surface area contributed by atoms with Crippen LogP contribution in [0.4, 0.5) is 0 Å². The van der Waals surface area contributed by atoms with E-state index in [1.54, 1.807) is 0 Å². The highest BCUT2D eigenvalue weighted by atomic mass is 16.6. The maximum absolute atomic E-state index is 11.9. The number of carbonyl (C=O) groups is 2. The van der Waals surface area contributed by atoms with Crippen LogP contribution in [0.15, 0.2) is 24.3 Å². The van der Waals surface area contributed by atoms with Crippen molar-refractivity contribution in [3.63, 3.8) is 0 Å². The number of methoxy groups -OCH3 is 1. The van der Waals surface area contributed by atoms with Crippen molar-refractivity contribution in [3.05, 3.63) is 29.8 Å². The van der Waals surface area contributed by atoms with E-state index in [0.717, 1.165) is 13.2 Å². The van der Waals surface area contributed by atoms with E-state index in [1.165, 1.54) is 24.3 Å². The van der Waals surface area contributed by atoms with Crippen molar-refractivity contribution in [2.75, 3.05) is 7.11 Å². The van der Waals surface area contributed by atoms with E-state index in [1.807, 2.05) is 0 Å². The number of hydrogen-bond donors (Lipinski definition) is 5. The van der Waals surface area contributed by atoms with Crippen LogP contribution in [-0.4, -0.2) is 68.5 Å². The quantitative estimate of drug-likeness (QED) is 0.267. The summed E-state index contributed by atoms with van der Waals surface area (Å²) in [6.07, 6.45) is -2.88. The number of carbonyl (C=O) groups excluding carboxylic acids is 2. The van der Waals surface area contributed by atoms with Crippen LogP contribution in [0.5, 0.6) is 11.5 Å². The minimum Gasteiger partial charge on any atom is -0.504 e. The van der Waals surface area contributed by atoms with E-state index in [-0.39, 0.29) is 11.5 Å². The molecule has 1 aliphatic carbocycles. The van der Waals surface area contributed by atoms with Gasteiger partial charge in [-0.1, -0.05) is 6.07 Å². The van der Waals surface area contributed by atoms with Gasteiger partial charge in [0.15, 0.2) is 17.1 Å². The molecule has 142 valence electrons. The summed E-state index contributed by atoms with van der Waals surface area (Å²) in [5.74, 6) is -2.58. The van der Waals surface area contributed by atoms with Crippen LogP contribution in [0.3, 0.4) is 0 Å². The van der Waals surface area contributed by atoms with E-state index in [2.05, 4.69) is 4.74 Å². The van der Waals surface area contributed by atoms with Gasteiger partial charge in [-0.15, -0.1) is 0 Å². The van der Waals surface area contributed by atoms with Crippen LogP contribution >= 0.6 is 0 Å². The number of ether oxygens (including phenoxy) is 2. The summed E-state index contributed by atoms with van der Waals surface area (Å²) in [5, 5.41) is 48.7. The molecule has 0 radical (unpaired) electrons. The average molecular weight is 368 g/mol. The summed E-state index contributed by atoms with van der Waals surface area (Å²) >= 11 is 0. The largest absolute Gasteiger partial charge is 0.504 e. The lowest BCUT2D eigenvalue weighted by Gasteiger charge is -2.39. The molecular formula is C17H20O9. The molecule has 1 fully saturated rings. The average Bonchev–Trinajstić information content (AvgIpc) is 2.59. The number of aliphatic hydroxyl groups is 3. The summed E-state index contributed by atoms with van der Waals surface area (Å²) in [5.41, 5.74) is -1.68. The lowest BCUT2D eigenvalue weighted by Crippen LogP contribution is -2.57. The fourth-order valence-corrected chi connectivity index (χ4v) is 2.72. The van der Waals surface area contributed by atoms with Crippen LogP contribution in [-0.2, 0) is 19.1 Å². The Labute approximate surface area is 148 Å². The number of hydrogen-bond acceptors (Lipinski definition) is 9. The third-order valence-electron chi connectivity index (χ3n) is 4.11. The number of aromatic hydroxyl groups is 2. The Morgan fingerprint density at radius 2 is 1.88 bits per heavy atom. The molecule has 0 spiro atoms. The zero-order valence-electron chi connectivity index (χ0n) is 13.9. The van der Waals surface area contributed by atoms with Crippen molar-refractivity contribution in [1.29, 1.82) is 0 Å². The smallest absolute Gasteiger partial charge is 0.338 e. The van der Waals surface area contributed by atoms with Crippen molar-refractivity contribution in [2.45, 2.75) is 36.8 Å². The Morgan fingerprint density at radius 3 is 2.50 bits per heavy atom. The second-order valence-corrected chi connectivity index (χ2v) is 6.05. The molecule has 1 aromatic carbocycles. The van der Waals surface area contributed by atoms with Gasteiger partial charge in [0, 0.05) is 18.9 Å². The Bertz CT molecular complexity index is 714. The van der Waals surface area contributed by atoms with Crippen molar-refractivity contribution in [3.8, 4) is 11.5 Å². The predicted molar refractivity (Wildman–Crippen MR) is 86.9 cm³/mol. The molecule has 0 aromatic heterocycles. The highest BCUT2D eigenvalue weighted by Gasteiger charge is 2.50. The molecule has 0 heterocycles. The van der Waals surface area contributed by atoms with Crippen LogP contribution in [0, 0.1) is 0 Å². The van der Waals surface area contributed by atoms with Gasteiger partial charge in [-0.3, -0.25) is 0 Å². The normalized spacial score (nSPS) is 28.7. The third-order valence-corrected chi connectivity index (χ3v) is 4.11. The molecule has 26 heavy (non-hydrogen) atoms. The number of phenolic OH excluding ortho intramolecular Hbond substituents is 2. The highest BCUT2D eigenvalue weighted by molar-refractivity contribution is 5.87. The summed E-state index contributed by atoms with van der Waals surface area (Å²) in [7, 11) is 1.06. The van der Waals surface area contributed by atoms with E-state index >= 15 is 0 Å². The van der Waals surface area contributed by atoms with Gasteiger partial charge in [0.05, 0.1) is 13.2 Å². The van der Waals surface area contributed by atoms with Crippen LogP contribution in [0.1, 0.15) is 18.4 Å². The lowest BCUT2D eigenvalue weighted by molar-refractivity contribution is -0.198. The van der Waals surface area contributed by atoms with E-state index in [9.17, 15) is 35.1 Å². The maximum atomic E-state index is 11.9. The zero-order valence-corrected chi connectivity index (χ0v) is 13.9. The summed E-state index contributed by atoms with van der Waals surface area (Å²) in [6, 6.07) is 3.89. The topological polar surface area (TPSA) is 154 Å². The standard InChI is InChI=1S/C17H20O9/c1-25-16(23)17(24)7-12(20)15(22)13(8-17)26-14(21)5-3-9-2-4-10(18)11(19)6-9/h2-6,12-13,15,18-20,22,24H,7-8H2,1H3/b5-3+/t12?,13?,15?,17-/m1/s1. The first-order chi connectivity index (χ1) is 12.2. The Hall–Kier alpha value is -2.62. The third kappa shape index (κ3) is 4.31. The first kappa shape index (κ1) is 19.7. The fourth-order valence-electron chi connectivity index (χ4n) is 2.72. The predicted octanol–water partition coefficient (Wildman–Crippen LogP) is -0.558. The number of rotatable bonds is 4. The maximum Gasteiger partial charge on any atom is 0.338 e. The minimum absolute atomic E-state index is 0.314. The molecule has 0 aliphatic heterocycles. The first-order valence-electron chi connectivity index (χ1n) is 7.74. The number of esters is 2. The molecule has 1 aliphatic rings. The molecule has 5 N–H and O–H groups in total. The number of aliphatic hydroxyl groups excluding tert-OH is 2. The van der Waals surface area contributed by atoms with Crippen LogP contribution < -0.4 is 0 Å². The Kier molecular flexibility index (Phi) is 5.86. The van der Waals surface area contributed by atoms with Gasteiger partial charge in [0.25, 0.3) is 0 Å². The molecule has 0 bridgehead atoms. The van der Waals surface area contributed by atoms with E-state index in [0.29, 0.717) is 5.56 Å². The second kappa shape index (κ2) is 7.73. The summed E-state index contributed by atoms with van der Waals surface area (Å²) in [4.78, 5) is 23.6. The van der Waals surface area contributed by atoms with Gasteiger partial charge in [-0.2, -0.15) is 0 Å². The molecule has 9 nitrogen and oxygen atoms in total. The SMILES string of the molecule is COC(=O)[C@@]1(O)CC(O)C(O)C(OC(=O)/C=C/c2ccc(O)c(O)c2)C1. The van der Waals surface area contributed by atoms with Gasteiger partial charge in [-0.05, 0) is 23.8 Å². The molecule has 1 saturated carbocycles. The van der Waals surface area contributed by atoms with Gasteiger partial charge >= 0.3 is 11.9 Å². The summed E-state index contributed by atoms with van der Waals surface area (Å²) < 4.78 is 9.50. The second-order valence-electron chi connectivity index (χ2n) is 6.05. The van der Waals surface area contributed by atoms with Gasteiger partial charge in [-0.25, -0.2) is 9.59 Å². The monoisotopic (exact) mass is 368 g/mol. The molecule has 2 rings (SSSR count). The van der Waals surface area contributed by atoms with E-state index in [4.69, 9.17) is 4.74 Å². The van der Waals surface area contributed by atoms with Gasteiger partial charge in [0.1, 0.15) is 12.2 Å². The molecular weight excluding hydrogens is 348 g/mol. The van der Waals surface area contributed by atoms with Gasteiger partial charge < -0.3 is 35.0 Å². The van der Waals surface area contributed by atoms with Crippen molar-refractivity contribution in [1.82, 2.24) is 0 Å². The van der Waals surface area contributed by atoms with Crippen molar-refractivity contribution >= 4 is 18.0 Å². The highest BCUT2D eigenvalue weighted by Crippen LogP contribution is 2.32. The molecule has 0 saturated heterocycles. The number of phenols is 2. The zero-order chi connectivity index (χ0) is 19.5. The lowest BCUT2D eigenvalue weighted by atomic mass is 9.79. The molecule has 3 unspecified atom stereocenters. The van der Waals surface area contributed by atoms with E-state index < -0.39 is 48.7 Å². The first-order valence-corrected chi connectivity index (χ1v) is 7.74. The molecule has 1 aromatic rings. The fraction of sp³-hybridized carbons (Fsp3) is 0.412. The van der Waals surface area contributed by atoms with Crippen molar-refractivity contribution < 1.29 is 44.6 Å².